The van der Waals surface area contributed by atoms with Crippen LogP contribution in [0.5, 0.6) is 0 Å². The molecule has 4 heteroatoms. The third-order valence-electron chi connectivity index (χ3n) is 4.75. The van der Waals surface area contributed by atoms with Crippen molar-refractivity contribution in [2.45, 2.75) is 41.5 Å². The van der Waals surface area contributed by atoms with Crippen LogP contribution < -0.4 is 0 Å². The maximum Gasteiger partial charge on any atom is 0.335 e. The molecule has 3 aromatic rings. The van der Waals surface area contributed by atoms with Crippen molar-refractivity contribution >= 4 is 28.3 Å². The minimum absolute atomic E-state index is 0.0504. The van der Waals surface area contributed by atoms with Crippen molar-refractivity contribution in [2.75, 3.05) is 0 Å². The number of carbonyl (C=O) groups is 3. The van der Waals surface area contributed by atoms with Gasteiger partial charge in [-0.2, -0.15) is 0 Å². The number of hydrogen-bond acceptors (Lipinski definition) is 3. The second kappa shape index (κ2) is 9.25. The van der Waals surface area contributed by atoms with Gasteiger partial charge in [-0.05, 0) is 29.0 Å². The summed E-state index contributed by atoms with van der Waals surface area (Å²) in [7, 11) is 0. The number of carboxylic acids is 1. The Kier molecular flexibility index (Phi) is 7.17. The molecule has 1 N–H and O–H groups in total. The lowest BCUT2D eigenvalue weighted by Crippen LogP contribution is -2.20. The Bertz CT molecular complexity index is 1110. The van der Waals surface area contributed by atoms with Gasteiger partial charge >= 0.3 is 5.97 Å². The molecule has 0 amide bonds. The van der Waals surface area contributed by atoms with Crippen LogP contribution in [-0.2, 0) is 0 Å². The minimum Gasteiger partial charge on any atom is -0.478 e. The zero-order valence-corrected chi connectivity index (χ0v) is 19.0. The summed E-state index contributed by atoms with van der Waals surface area (Å²) in [5, 5.41) is 11.1. The Morgan fingerprint density at radius 2 is 1.06 bits per heavy atom. The van der Waals surface area contributed by atoms with Crippen LogP contribution in [0.25, 0.3) is 10.8 Å². The van der Waals surface area contributed by atoms with Crippen LogP contribution in [0.1, 0.15) is 72.6 Å². The second-order valence-corrected chi connectivity index (χ2v) is 9.61. The van der Waals surface area contributed by atoms with Crippen LogP contribution in [0.3, 0.4) is 0 Å². The quantitative estimate of drug-likeness (QED) is 0.481. The van der Waals surface area contributed by atoms with Crippen molar-refractivity contribution in [2.24, 2.45) is 10.8 Å². The Hall–Kier alpha value is -3.27. The summed E-state index contributed by atoms with van der Waals surface area (Å²) in [5.74, 6) is -0.873. The monoisotopic (exact) mass is 418 g/mol. The first-order chi connectivity index (χ1) is 14.3. The number of hydrogen-bond donors (Lipinski definition) is 1. The molecule has 4 nitrogen and oxygen atoms in total. The van der Waals surface area contributed by atoms with E-state index in [1.807, 2.05) is 77.9 Å². The molecule has 0 saturated carbocycles. The Morgan fingerprint density at radius 1 is 0.581 bits per heavy atom. The molecule has 0 aromatic heterocycles. The van der Waals surface area contributed by atoms with E-state index in [9.17, 15) is 14.4 Å². The fourth-order valence-corrected chi connectivity index (χ4v) is 2.99. The van der Waals surface area contributed by atoms with Crippen LogP contribution in [0.2, 0.25) is 0 Å². The van der Waals surface area contributed by atoms with Gasteiger partial charge in [-0.25, -0.2) is 4.79 Å². The summed E-state index contributed by atoms with van der Waals surface area (Å²) in [6.45, 7) is 11.3. The summed E-state index contributed by atoms with van der Waals surface area (Å²) >= 11 is 0. The van der Waals surface area contributed by atoms with Gasteiger partial charge in [-0.3, -0.25) is 9.59 Å². The molecule has 0 aliphatic carbocycles. The molecule has 162 valence electrons. The van der Waals surface area contributed by atoms with Gasteiger partial charge in [-0.15, -0.1) is 0 Å². The molecule has 3 rings (SSSR count). The smallest absolute Gasteiger partial charge is 0.335 e. The van der Waals surface area contributed by atoms with E-state index < -0.39 is 11.4 Å². The van der Waals surface area contributed by atoms with E-state index in [-0.39, 0.29) is 22.5 Å². The standard InChI is InChI=1S/C15H16O.C12H14O3/c1-15(2,3)14(16)13-9-8-11-6-4-5-7-12(11)10-13;1-12(2,3)10(13)8-5-4-6-9(7-8)11(14)15/h4-10H,1-3H3;4-7H,1-3H3,(H,14,15). The molecule has 0 radical (unpaired) electrons. The highest BCUT2D eigenvalue weighted by Crippen LogP contribution is 2.24. The molecule has 0 heterocycles. The summed E-state index contributed by atoms with van der Waals surface area (Å²) in [4.78, 5) is 34.7. The topological polar surface area (TPSA) is 71.4 Å². The van der Waals surface area contributed by atoms with E-state index in [2.05, 4.69) is 6.07 Å². The maximum atomic E-state index is 12.1. The van der Waals surface area contributed by atoms with Crippen molar-refractivity contribution in [1.82, 2.24) is 0 Å². The van der Waals surface area contributed by atoms with Crippen molar-refractivity contribution in [3.63, 3.8) is 0 Å². The van der Waals surface area contributed by atoms with Gasteiger partial charge in [0.25, 0.3) is 0 Å². The number of Topliss-reactive ketones (excluding diaryl/α,β-unsaturated/α-hetero) is 2. The van der Waals surface area contributed by atoms with Crippen LogP contribution in [-0.4, -0.2) is 22.6 Å². The van der Waals surface area contributed by atoms with E-state index in [0.717, 1.165) is 10.9 Å². The fraction of sp³-hybridized carbons (Fsp3) is 0.296. The first kappa shape index (κ1) is 24.0. The van der Waals surface area contributed by atoms with E-state index in [1.54, 1.807) is 12.1 Å². The lowest BCUT2D eigenvalue weighted by molar-refractivity contribution is 0.0696. The van der Waals surface area contributed by atoms with Crippen molar-refractivity contribution in [3.05, 3.63) is 83.4 Å². The molecule has 0 aliphatic heterocycles. The van der Waals surface area contributed by atoms with Crippen LogP contribution >= 0.6 is 0 Å². The number of ketones is 2. The highest BCUT2D eigenvalue weighted by Gasteiger charge is 2.23. The Balaban J connectivity index is 0.000000221. The number of carbonyl (C=O) groups excluding carboxylic acids is 2. The van der Waals surface area contributed by atoms with Crippen molar-refractivity contribution < 1.29 is 19.5 Å². The molecule has 0 bridgehead atoms. The first-order valence-corrected chi connectivity index (χ1v) is 10.2. The van der Waals surface area contributed by atoms with Gasteiger partial charge in [0, 0.05) is 22.0 Å². The summed E-state index contributed by atoms with van der Waals surface area (Å²) < 4.78 is 0. The minimum atomic E-state index is -1.02. The second-order valence-electron chi connectivity index (χ2n) is 9.61. The summed E-state index contributed by atoms with van der Waals surface area (Å²) in [6.07, 6.45) is 0. The normalized spacial score (nSPS) is 11.4. The molecule has 0 saturated heterocycles. The third-order valence-corrected chi connectivity index (χ3v) is 4.75. The highest BCUT2D eigenvalue weighted by atomic mass is 16.4. The lowest BCUT2D eigenvalue weighted by atomic mass is 9.86. The molecule has 0 fully saturated rings. The molecule has 0 spiro atoms. The average molecular weight is 419 g/mol. The molecular formula is C27H30O4. The zero-order valence-electron chi connectivity index (χ0n) is 19.0. The molecular weight excluding hydrogens is 388 g/mol. The van der Waals surface area contributed by atoms with Crippen LogP contribution in [0, 0.1) is 10.8 Å². The van der Waals surface area contributed by atoms with E-state index in [0.29, 0.717) is 5.56 Å². The number of carboxylic acid groups (broad SMARTS) is 1. The van der Waals surface area contributed by atoms with Crippen molar-refractivity contribution in [3.8, 4) is 0 Å². The molecule has 0 unspecified atom stereocenters. The van der Waals surface area contributed by atoms with Gasteiger partial charge in [0.1, 0.15) is 0 Å². The average Bonchev–Trinajstić information content (AvgIpc) is 2.71. The van der Waals surface area contributed by atoms with Gasteiger partial charge in [-0.1, -0.05) is 90.1 Å². The predicted octanol–water partition coefficient (Wildman–Crippen LogP) is 6.68. The van der Waals surface area contributed by atoms with Gasteiger partial charge < -0.3 is 5.11 Å². The van der Waals surface area contributed by atoms with E-state index in [1.165, 1.54) is 17.5 Å². The largest absolute Gasteiger partial charge is 0.478 e. The van der Waals surface area contributed by atoms with Gasteiger partial charge in [0.15, 0.2) is 11.6 Å². The fourth-order valence-electron chi connectivity index (χ4n) is 2.99. The Labute approximate surface area is 183 Å². The van der Waals surface area contributed by atoms with E-state index in [4.69, 9.17) is 5.11 Å². The third kappa shape index (κ3) is 6.35. The lowest BCUT2D eigenvalue weighted by Gasteiger charge is -2.16. The maximum absolute atomic E-state index is 12.1. The molecule has 0 aliphatic rings. The summed E-state index contributed by atoms with van der Waals surface area (Å²) in [5.41, 5.74) is 0.582. The number of aromatic carboxylic acids is 1. The predicted molar refractivity (Wildman–Crippen MR) is 125 cm³/mol. The van der Waals surface area contributed by atoms with E-state index >= 15 is 0 Å². The van der Waals surface area contributed by atoms with Crippen molar-refractivity contribution in [1.29, 1.82) is 0 Å². The molecule has 3 aromatic carbocycles. The molecule has 0 atom stereocenters. The van der Waals surface area contributed by atoms with Gasteiger partial charge in [0.2, 0.25) is 0 Å². The highest BCUT2D eigenvalue weighted by molar-refractivity contribution is 6.03. The van der Waals surface area contributed by atoms with Crippen LogP contribution in [0.15, 0.2) is 66.7 Å². The Morgan fingerprint density at radius 3 is 1.58 bits per heavy atom. The molecule has 31 heavy (non-hydrogen) atoms. The van der Waals surface area contributed by atoms with Gasteiger partial charge in [0.05, 0.1) is 5.56 Å². The number of benzene rings is 3. The number of rotatable bonds is 3. The zero-order chi connectivity index (χ0) is 23.4. The SMILES string of the molecule is CC(C)(C)C(=O)c1ccc2ccccc2c1.CC(C)(C)C(=O)c1cccc(C(=O)O)c1. The summed E-state index contributed by atoms with van der Waals surface area (Å²) in [6, 6.07) is 20.1. The first-order valence-electron chi connectivity index (χ1n) is 10.2. The van der Waals surface area contributed by atoms with Crippen LogP contribution in [0.4, 0.5) is 0 Å². The number of fused-ring (bicyclic) bond motifs is 1.